The molecular weight excluding hydrogens is 575 g/mol. The van der Waals surface area contributed by atoms with Crippen LogP contribution in [0.3, 0.4) is 0 Å². The maximum absolute atomic E-state index is 14.2. The number of hydrogen-bond acceptors (Lipinski definition) is 9. The van der Waals surface area contributed by atoms with Crippen molar-refractivity contribution >= 4 is 34.8 Å². The minimum absolute atomic E-state index is 0.129. The summed E-state index contributed by atoms with van der Waals surface area (Å²) in [6.07, 6.45) is 6.43. The highest BCUT2D eigenvalue weighted by Gasteiger charge is 2.40. The zero-order chi connectivity index (χ0) is 31.3. The van der Waals surface area contributed by atoms with Gasteiger partial charge in [0.25, 0.3) is 5.92 Å². The van der Waals surface area contributed by atoms with Crippen molar-refractivity contribution in [2.24, 2.45) is 5.92 Å². The molecule has 8 nitrogen and oxygen atoms in total. The minimum Gasteiger partial charge on any atom is -0.494 e. The Balaban J connectivity index is 1.52. The summed E-state index contributed by atoms with van der Waals surface area (Å²) < 4.78 is 50.0. The fraction of sp³-hybridized carbons (Fsp3) is 0.419. The van der Waals surface area contributed by atoms with E-state index in [-0.39, 0.29) is 12.5 Å². The van der Waals surface area contributed by atoms with Crippen LogP contribution >= 0.6 is 11.9 Å². The fourth-order valence-electron chi connectivity index (χ4n) is 4.85. The molecule has 1 aromatic heterocycles. The number of rotatable bonds is 14. The van der Waals surface area contributed by atoms with Crippen molar-refractivity contribution < 1.29 is 17.9 Å². The Labute approximate surface area is 256 Å². The molecule has 2 atom stereocenters. The Morgan fingerprint density at radius 2 is 1.98 bits per heavy atom. The highest BCUT2D eigenvalue weighted by molar-refractivity contribution is 7.97. The molecule has 1 aliphatic carbocycles. The summed E-state index contributed by atoms with van der Waals surface area (Å²) in [7, 11) is 7.70. The highest BCUT2D eigenvalue weighted by Crippen LogP contribution is 2.43. The molecule has 1 aromatic carbocycles. The number of likely N-dealkylation sites (N-methyl/N-ethyl adjacent to an activating group) is 2. The average Bonchev–Trinajstić information content (AvgIpc) is 2.93. The monoisotopic (exact) mass is 615 g/mol. The van der Waals surface area contributed by atoms with Gasteiger partial charge >= 0.3 is 0 Å². The maximum atomic E-state index is 14.2. The second kappa shape index (κ2) is 13.9. The highest BCUT2D eigenvalue weighted by atomic mass is 32.2. The molecule has 2 N–H and O–H groups in total. The molecule has 0 bridgehead atoms. The normalized spacial score (nSPS) is 18.8. The predicted octanol–water partition coefficient (Wildman–Crippen LogP) is 6.87. The van der Waals surface area contributed by atoms with Crippen molar-refractivity contribution in [1.29, 1.82) is 0 Å². The Bertz CT molecular complexity index is 1390. The van der Waals surface area contributed by atoms with E-state index in [1.54, 1.807) is 13.2 Å². The van der Waals surface area contributed by atoms with Gasteiger partial charge in [-0.05, 0) is 75.7 Å². The lowest BCUT2D eigenvalue weighted by atomic mass is 9.83. The summed E-state index contributed by atoms with van der Waals surface area (Å²) in [5.41, 5.74) is 3.77. The van der Waals surface area contributed by atoms with Gasteiger partial charge in [0.1, 0.15) is 28.7 Å². The third-order valence-corrected chi connectivity index (χ3v) is 8.54. The summed E-state index contributed by atoms with van der Waals surface area (Å²) in [4.78, 5) is 13.1. The van der Waals surface area contributed by atoms with Crippen LogP contribution in [0.2, 0.25) is 0 Å². The van der Waals surface area contributed by atoms with Crippen LogP contribution in [0.1, 0.15) is 19.8 Å². The first-order valence-corrected chi connectivity index (χ1v) is 14.8. The van der Waals surface area contributed by atoms with Gasteiger partial charge in [-0.2, -0.15) is 0 Å². The number of ether oxygens (including phenoxy) is 1. The molecule has 43 heavy (non-hydrogen) atoms. The van der Waals surface area contributed by atoms with Crippen LogP contribution in [0.15, 0.2) is 78.0 Å². The van der Waals surface area contributed by atoms with E-state index < -0.39 is 17.7 Å². The van der Waals surface area contributed by atoms with Crippen molar-refractivity contribution in [2.75, 3.05) is 63.4 Å². The van der Waals surface area contributed by atoms with Crippen molar-refractivity contribution in [3.63, 3.8) is 0 Å². The Morgan fingerprint density at radius 1 is 1.21 bits per heavy atom. The van der Waals surface area contributed by atoms with Gasteiger partial charge in [0.15, 0.2) is 0 Å². The van der Waals surface area contributed by atoms with E-state index in [1.165, 1.54) is 24.4 Å². The van der Waals surface area contributed by atoms with Crippen LogP contribution in [0, 0.1) is 5.92 Å². The molecule has 2 heterocycles. The van der Waals surface area contributed by atoms with E-state index in [1.807, 2.05) is 43.6 Å². The standard InChI is InChI=1S/C31H40F3N7OS/c1-8-20(2)37-24-16-25(28(42-7)17-27(24)40(6)12-11-39(4)5)38-29-18-30(36-19-35-29)43-41-10-9-26(41)21-13-22(31(3,33)34)15-23(32)14-21/h8,14-19,22,26,37H,1-2,9-13H2,3-7H3,(H,35,36,38)/t22?,26-/m1/s1. The van der Waals surface area contributed by atoms with Gasteiger partial charge in [-0.3, -0.25) is 0 Å². The van der Waals surface area contributed by atoms with Gasteiger partial charge in [0, 0.05) is 56.5 Å². The second-order valence-corrected chi connectivity index (χ2v) is 12.2. The number of methoxy groups -OCH3 is 1. The Hall–Kier alpha value is -3.48. The molecule has 232 valence electrons. The van der Waals surface area contributed by atoms with Gasteiger partial charge in [0.05, 0.1) is 24.2 Å². The third-order valence-electron chi connectivity index (χ3n) is 7.46. The summed E-state index contributed by atoms with van der Waals surface area (Å²) in [6, 6.07) is 5.57. The lowest BCUT2D eigenvalue weighted by Crippen LogP contribution is -2.45. The van der Waals surface area contributed by atoms with Crippen LogP contribution in [0.5, 0.6) is 5.75 Å². The van der Waals surface area contributed by atoms with Crippen LogP contribution in [0.4, 0.5) is 36.1 Å². The molecule has 4 rings (SSSR count). The van der Waals surface area contributed by atoms with Gasteiger partial charge in [-0.25, -0.2) is 27.4 Å². The van der Waals surface area contributed by atoms with Crippen molar-refractivity contribution in [3.8, 4) is 5.75 Å². The number of aromatic nitrogens is 2. The van der Waals surface area contributed by atoms with Crippen molar-refractivity contribution in [1.82, 2.24) is 19.2 Å². The Morgan fingerprint density at radius 3 is 2.60 bits per heavy atom. The van der Waals surface area contributed by atoms with E-state index >= 15 is 0 Å². The number of halogens is 3. The number of allylic oxidation sites excluding steroid dienone is 4. The van der Waals surface area contributed by atoms with Crippen molar-refractivity contribution in [2.45, 2.75) is 36.8 Å². The maximum Gasteiger partial charge on any atom is 0.251 e. The first kappa shape index (κ1) is 32.4. The van der Waals surface area contributed by atoms with E-state index in [0.717, 1.165) is 50.4 Å². The van der Waals surface area contributed by atoms with E-state index in [9.17, 15) is 13.2 Å². The van der Waals surface area contributed by atoms with Gasteiger partial charge in [0.2, 0.25) is 0 Å². The molecule has 1 saturated heterocycles. The average molecular weight is 616 g/mol. The SMILES string of the molecule is C=CC(=C)Nc1cc(Nc2cc(SN3CC[C@@H]3C3=CC(F)=CC(C(C)(F)F)C3)ncn2)c(OC)cc1N(C)CCN(C)C. The fourth-order valence-corrected chi connectivity index (χ4v) is 5.92. The quantitative estimate of drug-likeness (QED) is 0.135. The van der Waals surface area contributed by atoms with Crippen LogP contribution in [0.25, 0.3) is 0 Å². The molecule has 1 fully saturated rings. The molecular formula is C31H40F3N7OS. The molecule has 12 heteroatoms. The second-order valence-electron chi connectivity index (χ2n) is 11.1. The smallest absolute Gasteiger partial charge is 0.251 e. The first-order valence-electron chi connectivity index (χ1n) is 14.0. The lowest BCUT2D eigenvalue weighted by Gasteiger charge is -2.42. The predicted molar refractivity (Wildman–Crippen MR) is 170 cm³/mol. The molecule has 0 spiro atoms. The molecule has 0 radical (unpaired) electrons. The van der Waals surface area contributed by atoms with Crippen LogP contribution in [-0.2, 0) is 0 Å². The van der Waals surface area contributed by atoms with E-state index in [0.29, 0.717) is 33.6 Å². The minimum atomic E-state index is -2.99. The first-order chi connectivity index (χ1) is 20.4. The summed E-state index contributed by atoms with van der Waals surface area (Å²) in [5.74, 6) is -3.56. The van der Waals surface area contributed by atoms with Crippen LogP contribution < -0.4 is 20.3 Å². The van der Waals surface area contributed by atoms with Crippen LogP contribution in [-0.4, -0.2) is 79.0 Å². The topological polar surface area (TPSA) is 68.8 Å². The molecule has 0 amide bonds. The number of nitrogens with one attached hydrogen (secondary N) is 2. The molecule has 2 aromatic rings. The van der Waals surface area contributed by atoms with Crippen molar-refractivity contribution in [3.05, 3.63) is 73.0 Å². The largest absolute Gasteiger partial charge is 0.494 e. The molecule has 2 aliphatic rings. The number of alkyl halides is 2. The zero-order valence-corrected chi connectivity index (χ0v) is 26.1. The van der Waals surface area contributed by atoms with Gasteiger partial charge in [-0.15, -0.1) is 0 Å². The molecule has 0 saturated carbocycles. The van der Waals surface area contributed by atoms with E-state index in [4.69, 9.17) is 4.74 Å². The number of nitrogens with zero attached hydrogens (tertiary/aromatic N) is 5. The van der Waals surface area contributed by atoms with Gasteiger partial charge < -0.3 is 25.2 Å². The molecule has 1 unspecified atom stereocenters. The zero-order valence-electron chi connectivity index (χ0n) is 25.3. The summed E-state index contributed by atoms with van der Waals surface area (Å²) in [5, 5.41) is 7.33. The third kappa shape index (κ3) is 8.33. The van der Waals surface area contributed by atoms with E-state index in [2.05, 4.69) is 43.6 Å². The summed E-state index contributed by atoms with van der Waals surface area (Å²) >= 11 is 1.40. The summed E-state index contributed by atoms with van der Waals surface area (Å²) in [6.45, 7) is 11.1. The molecule has 1 aliphatic heterocycles. The van der Waals surface area contributed by atoms with Gasteiger partial charge in [-0.1, -0.05) is 13.2 Å². The lowest BCUT2D eigenvalue weighted by molar-refractivity contribution is -0.0231. The number of hydrogen-bond donors (Lipinski definition) is 2. The Kier molecular flexibility index (Phi) is 10.5. The number of benzene rings is 1. The number of anilines is 4.